The number of anilines is 1. The van der Waals surface area contributed by atoms with Gasteiger partial charge in [-0.2, -0.15) is 0 Å². The van der Waals surface area contributed by atoms with Gasteiger partial charge >= 0.3 is 0 Å². The Balaban J connectivity index is 1.67. The van der Waals surface area contributed by atoms with Crippen molar-refractivity contribution in [3.05, 3.63) is 54.7 Å². The van der Waals surface area contributed by atoms with Crippen molar-refractivity contribution in [2.24, 2.45) is 0 Å². The van der Waals surface area contributed by atoms with Crippen molar-refractivity contribution >= 4 is 51.8 Å². The maximum atomic E-state index is 12.5. The molecule has 0 aliphatic carbocycles. The summed E-state index contributed by atoms with van der Waals surface area (Å²) in [4.78, 5) is 26.9. The molecule has 1 aliphatic heterocycles. The summed E-state index contributed by atoms with van der Waals surface area (Å²) >= 11 is 12.8. The maximum Gasteiger partial charge on any atom is 0.299 e. The number of amides is 1. The molecule has 0 saturated carbocycles. The van der Waals surface area contributed by atoms with E-state index in [0.29, 0.717) is 36.1 Å². The molecular formula is C15H13Cl2N3O3S. The molecule has 1 fully saturated rings. The number of piperazine rings is 1. The van der Waals surface area contributed by atoms with E-state index in [1.165, 1.54) is 6.07 Å². The molecule has 6 nitrogen and oxygen atoms in total. The molecule has 1 aromatic heterocycles. The number of hydrogen-bond acceptors (Lipinski definition) is 5. The van der Waals surface area contributed by atoms with E-state index >= 15 is 0 Å². The first-order valence-corrected chi connectivity index (χ1v) is 8.76. The lowest BCUT2D eigenvalue weighted by Crippen LogP contribution is -2.48. The van der Waals surface area contributed by atoms with Gasteiger partial charge in [-0.3, -0.25) is 14.9 Å². The summed E-state index contributed by atoms with van der Waals surface area (Å²) < 4.78 is 0.0286. The third kappa shape index (κ3) is 3.48. The fourth-order valence-corrected chi connectivity index (χ4v) is 3.96. The zero-order valence-electron chi connectivity index (χ0n) is 12.4. The molecule has 1 aromatic carbocycles. The van der Waals surface area contributed by atoms with Gasteiger partial charge in [0.2, 0.25) is 0 Å². The van der Waals surface area contributed by atoms with Crippen molar-refractivity contribution in [1.82, 2.24) is 4.90 Å². The van der Waals surface area contributed by atoms with Crippen LogP contribution in [0.4, 0.5) is 11.4 Å². The van der Waals surface area contributed by atoms with E-state index in [4.69, 9.17) is 23.2 Å². The number of halogens is 2. The first-order valence-electron chi connectivity index (χ1n) is 7.19. The number of rotatable bonds is 3. The van der Waals surface area contributed by atoms with Crippen LogP contribution in [0.15, 0.2) is 30.3 Å². The van der Waals surface area contributed by atoms with Crippen LogP contribution >= 0.6 is 34.5 Å². The molecule has 0 N–H and O–H groups in total. The third-order valence-corrected chi connectivity index (χ3v) is 5.38. The van der Waals surface area contributed by atoms with Crippen LogP contribution in [-0.4, -0.2) is 41.9 Å². The molecule has 0 bridgehead atoms. The Labute approximate surface area is 152 Å². The van der Waals surface area contributed by atoms with Gasteiger partial charge in [0.1, 0.15) is 4.88 Å². The van der Waals surface area contributed by atoms with Crippen LogP contribution in [0.1, 0.15) is 9.67 Å². The van der Waals surface area contributed by atoms with Gasteiger partial charge in [0.25, 0.3) is 11.6 Å². The summed E-state index contributed by atoms with van der Waals surface area (Å²) in [6, 6.07) is 8.83. The molecule has 3 rings (SSSR count). The molecule has 2 heterocycles. The number of hydrogen-bond donors (Lipinski definition) is 0. The molecule has 9 heteroatoms. The lowest BCUT2D eigenvalue weighted by molar-refractivity contribution is -0.384. The van der Waals surface area contributed by atoms with Crippen molar-refractivity contribution in [2.45, 2.75) is 0 Å². The lowest BCUT2D eigenvalue weighted by Gasteiger charge is -2.36. The minimum absolute atomic E-state index is 0.0286. The SMILES string of the molecule is O=C(c1cc([N+](=O)[O-])c(Cl)s1)N1CCN(c2cccc(Cl)c2)CC1. The van der Waals surface area contributed by atoms with Crippen LogP contribution < -0.4 is 4.90 Å². The molecule has 1 saturated heterocycles. The molecule has 0 atom stereocenters. The molecule has 126 valence electrons. The Bertz CT molecular complexity index is 788. The van der Waals surface area contributed by atoms with Gasteiger partial charge in [-0.05, 0) is 18.2 Å². The van der Waals surface area contributed by atoms with Gasteiger partial charge in [-0.1, -0.05) is 29.3 Å². The second-order valence-corrected chi connectivity index (χ2v) is 7.38. The fourth-order valence-electron chi connectivity index (χ4n) is 2.59. The van der Waals surface area contributed by atoms with Crippen molar-refractivity contribution < 1.29 is 9.72 Å². The van der Waals surface area contributed by atoms with Crippen LogP contribution in [0.3, 0.4) is 0 Å². The first kappa shape index (κ1) is 17.0. The number of nitro groups is 1. The van der Waals surface area contributed by atoms with E-state index in [0.717, 1.165) is 17.0 Å². The largest absolute Gasteiger partial charge is 0.368 e. The van der Waals surface area contributed by atoms with Crippen LogP contribution in [0.2, 0.25) is 9.36 Å². The van der Waals surface area contributed by atoms with Gasteiger partial charge in [0.05, 0.1) is 4.92 Å². The van der Waals surface area contributed by atoms with E-state index in [1.807, 2.05) is 24.3 Å². The van der Waals surface area contributed by atoms with Crippen molar-refractivity contribution in [3.63, 3.8) is 0 Å². The number of carbonyl (C=O) groups excluding carboxylic acids is 1. The van der Waals surface area contributed by atoms with E-state index in [2.05, 4.69) is 4.90 Å². The quantitative estimate of drug-likeness (QED) is 0.592. The lowest BCUT2D eigenvalue weighted by atomic mass is 10.2. The summed E-state index contributed by atoms with van der Waals surface area (Å²) in [7, 11) is 0. The standard InChI is InChI=1S/C15H13Cl2N3O3S/c16-10-2-1-3-11(8-10)18-4-6-19(7-5-18)15(21)13-9-12(20(22)23)14(17)24-13/h1-3,8-9H,4-7H2. The Hall–Kier alpha value is -1.83. The summed E-state index contributed by atoms with van der Waals surface area (Å²) in [6.07, 6.45) is 0. The van der Waals surface area contributed by atoms with E-state index in [9.17, 15) is 14.9 Å². The van der Waals surface area contributed by atoms with Gasteiger partial charge in [-0.15, -0.1) is 11.3 Å². The molecule has 0 radical (unpaired) electrons. The zero-order valence-corrected chi connectivity index (χ0v) is 14.8. The highest BCUT2D eigenvalue weighted by atomic mass is 35.5. The van der Waals surface area contributed by atoms with Crippen LogP contribution in [0.5, 0.6) is 0 Å². The van der Waals surface area contributed by atoms with Crippen LogP contribution in [-0.2, 0) is 0 Å². The summed E-state index contributed by atoms with van der Waals surface area (Å²) in [5.74, 6) is -0.222. The predicted octanol–water partition coefficient (Wildman–Crippen LogP) is 3.93. The molecule has 1 amide bonds. The Kier molecular flexibility index (Phi) is 4.93. The molecule has 2 aromatic rings. The number of carbonyl (C=O) groups is 1. The molecular weight excluding hydrogens is 373 g/mol. The zero-order chi connectivity index (χ0) is 17.3. The normalized spacial score (nSPS) is 14.8. The average Bonchev–Trinajstić information content (AvgIpc) is 2.96. The van der Waals surface area contributed by atoms with Crippen LogP contribution in [0, 0.1) is 10.1 Å². The Morgan fingerprint density at radius 1 is 1.17 bits per heavy atom. The second-order valence-electron chi connectivity index (χ2n) is 5.29. The first-order chi connectivity index (χ1) is 11.5. The maximum absolute atomic E-state index is 12.5. The van der Waals surface area contributed by atoms with E-state index in [-0.39, 0.29) is 15.9 Å². The highest BCUT2D eigenvalue weighted by Crippen LogP contribution is 2.34. The topological polar surface area (TPSA) is 66.7 Å². The van der Waals surface area contributed by atoms with Gasteiger partial charge in [0, 0.05) is 43.0 Å². The number of nitrogens with zero attached hydrogens (tertiary/aromatic N) is 3. The number of thiophene rings is 1. The monoisotopic (exact) mass is 385 g/mol. The smallest absolute Gasteiger partial charge is 0.299 e. The van der Waals surface area contributed by atoms with Crippen molar-refractivity contribution in [1.29, 1.82) is 0 Å². The predicted molar refractivity (Wildman–Crippen MR) is 95.6 cm³/mol. The minimum Gasteiger partial charge on any atom is -0.368 e. The van der Waals surface area contributed by atoms with E-state index in [1.54, 1.807) is 4.90 Å². The number of benzene rings is 1. The highest BCUT2D eigenvalue weighted by molar-refractivity contribution is 7.18. The van der Waals surface area contributed by atoms with Gasteiger partial charge in [0.15, 0.2) is 4.34 Å². The second kappa shape index (κ2) is 6.96. The highest BCUT2D eigenvalue weighted by Gasteiger charge is 2.27. The van der Waals surface area contributed by atoms with Crippen molar-refractivity contribution in [2.75, 3.05) is 31.1 Å². The molecule has 0 unspecified atom stereocenters. The van der Waals surface area contributed by atoms with Gasteiger partial charge in [-0.25, -0.2) is 0 Å². The summed E-state index contributed by atoms with van der Waals surface area (Å²) in [5, 5.41) is 11.5. The van der Waals surface area contributed by atoms with Crippen molar-refractivity contribution in [3.8, 4) is 0 Å². The summed E-state index contributed by atoms with van der Waals surface area (Å²) in [5.41, 5.74) is 0.798. The molecule has 1 aliphatic rings. The summed E-state index contributed by atoms with van der Waals surface area (Å²) in [6.45, 7) is 2.42. The Morgan fingerprint density at radius 3 is 2.46 bits per heavy atom. The average molecular weight is 386 g/mol. The van der Waals surface area contributed by atoms with E-state index < -0.39 is 4.92 Å². The third-order valence-electron chi connectivity index (χ3n) is 3.82. The molecule has 0 spiro atoms. The fraction of sp³-hybridized carbons (Fsp3) is 0.267. The van der Waals surface area contributed by atoms with Crippen LogP contribution in [0.25, 0.3) is 0 Å². The molecule has 24 heavy (non-hydrogen) atoms. The van der Waals surface area contributed by atoms with Gasteiger partial charge < -0.3 is 9.80 Å². The Morgan fingerprint density at radius 2 is 1.88 bits per heavy atom. The minimum atomic E-state index is -0.577.